The van der Waals surface area contributed by atoms with E-state index in [0.29, 0.717) is 17.9 Å². The molecule has 114 valence electrons. The lowest BCUT2D eigenvalue weighted by Gasteiger charge is -2.14. The van der Waals surface area contributed by atoms with Crippen LogP contribution in [0.2, 0.25) is 0 Å². The summed E-state index contributed by atoms with van der Waals surface area (Å²) in [6, 6.07) is 6.40. The van der Waals surface area contributed by atoms with E-state index in [9.17, 15) is 9.59 Å². The van der Waals surface area contributed by atoms with Crippen LogP contribution in [-0.4, -0.2) is 24.5 Å². The maximum absolute atomic E-state index is 12.1. The van der Waals surface area contributed by atoms with Gasteiger partial charge in [-0.1, -0.05) is 0 Å². The molecule has 3 rings (SSSR count). The Labute approximate surface area is 127 Å². The van der Waals surface area contributed by atoms with Crippen molar-refractivity contribution in [2.75, 3.05) is 11.9 Å². The third kappa shape index (κ3) is 2.95. The number of benzene rings is 1. The molecule has 1 aliphatic rings. The minimum absolute atomic E-state index is 0.282. The molecule has 2 heterocycles. The highest BCUT2D eigenvalue weighted by atomic mass is 16.5. The van der Waals surface area contributed by atoms with Gasteiger partial charge in [-0.05, 0) is 36.8 Å². The lowest BCUT2D eigenvalue weighted by Crippen LogP contribution is -2.41. The number of carbonyl (C=O) groups excluding carboxylic acids is 2. The second-order valence-electron chi connectivity index (χ2n) is 5.12. The molecular formula is C16H16N2O4. The van der Waals surface area contributed by atoms with Gasteiger partial charge in [0.1, 0.15) is 18.1 Å². The average molecular weight is 300 g/mol. The van der Waals surface area contributed by atoms with Crippen molar-refractivity contribution in [1.82, 2.24) is 5.32 Å². The Balaban J connectivity index is 1.60. The highest BCUT2D eigenvalue weighted by Crippen LogP contribution is 2.27. The number of nitrogens with one attached hydrogen (secondary N) is 2. The zero-order valence-electron chi connectivity index (χ0n) is 12.1. The molecule has 22 heavy (non-hydrogen) atoms. The molecule has 1 aromatic heterocycles. The first-order valence-electron chi connectivity index (χ1n) is 7.03. The quantitative estimate of drug-likeness (QED) is 0.904. The average Bonchev–Trinajstić information content (AvgIpc) is 3.18. The van der Waals surface area contributed by atoms with Crippen molar-refractivity contribution in [3.63, 3.8) is 0 Å². The standard InChI is InChI=1S/C16H16N2O4/c1-10(17-16(20)12-4-6-21-9-12)15(19)18-13-2-3-14-11(8-13)5-7-22-14/h2-4,6,8-10H,5,7H2,1H3,(H,17,20)(H,18,19). The predicted molar refractivity (Wildman–Crippen MR) is 79.9 cm³/mol. The molecule has 1 aliphatic heterocycles. The number of hydrogen-bond acceptors (Lipinski definition) is 4. The predicted octanol–water partition coefficient (Wildman–Crippen LogP) is 1.97. The summed E-state index contributed by atoms with van der Waals surface area (Å²) in [5.41, 5.74) is 2.15. The minimum Gasteiger partial charge on any atom is -0.493 e. The molecule has 6 nitrogen and oxygen atoms in total. The van der Waals surface area contributed by atoms with E-state index in [1.807, 2.05) is 12.1 Å². The third-order valence-electron chi connectivity index (χ3n) is 3.48. The lowest BCUT2D eigenvalue weighted by molar-refractivity contribution is -0.117. The molecule has 1 unspecified atom stereocenters. The number of amides is 2. The summed E-state index contributed by atoms with van der Waals surface area (Å²) in [5, 5.41) is 5.41. The summed E-state index contributed by atoms with van der Waals surface area (Å²) < 4.78 is 10.3. The Hall–Kier alpha value is -2.76. The number of furan rings is 1. The molecule has 0 aliphatic carbocycles. The molecule has 1 atom stereocenters. The van der Waals surface area contributed by atoms with Crippen LogP contribution >= 0.6 is 0 Å². The van der Waals surface area contributed by atoms with E-state index in [1.165, 1.54) is 12.5 Å². The van der Waals surface area contributed by atoms with E-state index in [2.05, 4.69) is 10.6 Å². The van der Waals surface area contributed by atoms with E-state index in [0.717, 1.165) is 17.7 Å². The van der Waals surface area contributed by atoms with Crippen LogP contribution in [0, 0.1) is 0 Å². The number of rotatable bonds is 4. The smallest absolute Gasteiger partial charge is 0.255 e. The fourth-order valence-corrected chi connectivity index (χ4v) is 2.25. The summed E-state index contributed by atoms with van der Waals surface area (Å²) in [5.74, 6) is 0.230. The van der Waals surface area contributed by atoms with Gasteiger partial charge in [-0.15, -0.1) is 0 Å². The Bertz CT molecular complexity index is 694. The van der Waals surface area contributed by atoms with Gasteiger partial charge >= 0.3 is 0 Å². The summed E-state index contributed by atoms with van der Waals surface area (Å²) >= 11 is 0. The van der Waals surface area contributed by atoms with Crippen LogP contribution in [0.5, 0.6) is 5.75 Å². The molecule has 2 aromatic rings. The topological polar surface area (TPSA) is 80.6 Å². The van der Waals surface area contributed by atoms with Crippen molar-refractivity contribution in [1.29, 1.82) is 0 Å². The molecule has 0 fully saturated rings. The number of anilines is 1. The van der Waals surface area contributed by atoms with Crippen LogP contribution in [0.1, 0.15) is 22.8 Å². The van der Waals surface area contributed by atoms with Crippen molar-refractivity contribution in [2.24, 2.45) is 0 Å². The van der Waals surface area contributed by atoms with Crippen LogP contribution < -0.4 is 15.4 Å². The van der Waals surface area contributed by atoms with Gasteiger partial charge in [-0.25, -0.2) is 0 Å². The maximum atomic E-state index is 12.1. The van der Waals surface area contributed by atoms with E-state index >= 15 is 0 Å². The van der Waals surface area contributed by atoms with Gasteiger partial charge in [0.2, 0.25) is 5.91 Å². The molecule has 0 radical (unpaired) electrons. The van der Waals surface area contributed by atoms with Gasteiger partial charge in [-0.3, -0.25) is 9.59 Å². The number of ether oxygens (including phenoxy) is 1. The molecular weight excluding hydrogens is 284 g/mol. The Morgan fingerprint density at radius 3 is 2.91 bits per heavy atom. The Morgan fingerprint density at radius 1 is 1.27 bits per heavy atom. The Morgan fingerprint density at radius 2 is 2.14 bits per heavy atom. The molecule has 1 aromatic carbocycles. The van der Waals surface area contributed by atoms with Crippen molar-refractivity contribution in [3.05, 3.63) is 47.9 Å². The molecule has 2 N–H and O–H groups in total. The lowest BCUT2D eigenvalue weighted by atomic mass is 10.1. The third-order valence-corrected chi connectivity index (χ3v) is 3.48. The normalized spacial score (nSPS) is 13.9. The van der Waals surface area contributed by atoms with Crippen LogP contribution in [0.4, 0.5) is 5.69 Å². The first-order chi connectivity index (χ1) is 10.6. The summed E-state index contributed by atoms with van der Waals surface area (Å²) in [6.45, 7) is 2.30. The fraction of sp³-hybridized carbons (Fsp3) is 0.250. The molecule has 0 saturated heterocycles. The molecule has 0 bridgehead atoms. The van der Waals surface area contributed by atoms with Gasteiger partial charge in [0, 0.05) is 12.1 Å². The van der Waals surface area contributed by atoms with Crippen LogP contribution in [0.3, 0.4) is 0 Å². The zero-order chi connectivity index (χ0) is 15.5. The van der Waals surface area contributed by atoms with E-state index < -0.39 is 6.04 Å². The van der Waals surface area contributed by atoms with Crippen molar-refractivity contribution >= 4 is 17.5 Å². The van der Waals surface area contributed by atoms with Crippen molar-refractivity contribution in [2.45, 2.75) is 19.4 Å². The van der Waals surface area contributed by atoms with E-state index in [1.54, 1.807) is 19.1 Å². The van der Waals surface area contributed by atoms with Crippen molar-refractivity contribution in [3.8, 4) is 5.75 Å². The van der Waals surface area contributed by atoms with Crippen LogP contribution in [-0.2, 0) is 11.2 Å². The summed E-state index contributed by atoms with van der Waals surface area (Å²) in [6.07, 6.45) is 3.58. The van der Waals surface area contributed by atoms with Gasteiger partial charge < -0.3 is 19.8 Å². The first kappa shape index (κ1) is 14.2. The highest BCUT2D eigenvalue weighted by molar-refractivity contribution is 6.00. The molecule has 6 heteroatoms. The number of fused-ring (bicyclic) bond motifs is 1. The highest BCUT2D eigenvalue weighted by Gasteiger charge is 2.18. The van der Waals surface area contributed by atoms with Gasteiger partial charge in [0.25, 0.3) is 5.91 Å². The SMILES string of the molecule is CC(NC(=O)c1ccoc1)C(=O)Nc1ccc2c(c1)CCO2. The number of carbonyl (C=O) groups is 2. The number of hydrogen-bond donors (Lipinski definition) is 2. The second kappa shape index (κ2) is 5.93. The molecule has 2 amide bonds. The van der Waals surface area contributed by atoms with Crippen LogP contribution in [0.15, 0.2) is 41.2 Å². The minimum atomic E-state index is -0.660. The summed E-state index contributed by atoms with van der Waals surface area (Å²) in [4.78, 5) is 24.0. The van der Waals surface area contributed by atoms with E-state index in [-0.39, 0.29) is 11.8 Å². The Kier molecular flexibility index (Phi) is 3.82. The first-order valence-corrected chi connectivity index (χ1v) is 7.03. The largest absolute Gasteiger partial charge is 0.493 e. The van der Waals surface area contributed by atoms with Gasteiger partial charge in [0.05, 0.1) is 18.4 Å². The van der Waals surface area contributed by atoms with Gasteiger partial charge in [-0.2, -0.15) is 0 Å². The maximum Gasteiger partial charge on any atom is 0.255 e. The van der Waals surface area contributed by atoms with Gasteiger partial charge in [0.15, 0.2) is 0 Å². The molecule has 0 saturated carbocycles. The second-order valence-corrected chi connectivity index (χ2v) is 5.12. The van der Waals surface area contributed by atoms with Crippen molar-refractivity contribution < 1.29 is 18.7 Å². The van der Waals surface area contributed by atoms with Crippen LogP contribution in [0.25, 0.3) is 0 Å². The zero-order valence-corrected chi connectivity index (χ0v) is 12.1. The van der Waals surface area contributed by atoms with E-state index in [4.69, 9.17) is 9.15 Å². The molecule has 0 spiro atoms. The monoisotopic (exact) mass is 300 g/mol. The fourth-order valence-electron chi connectivity index (χ4n) is 2.25. The summed E-state index contributed by atoms with van der Waals surface area (Å²) in [7, 11) is 0.